The Labute approximate surface area is 101 Å². The van der Waals surface area contributed by atoms with Gasteiger partial charge in [0.05, 0.1) is 5.41 Å². The molecule has 1 unspecified atom stereocenters. The van der Waals surface area contributed by atoms with Crippen molar-refractivity contribution in [1.82, 2.24) is 4.98 Å². The second-order valence-corrected chi connectivity index (χ2v) is 4.82. The Hall–Kier alpha value is -1.62. The van der Waals surface area contributed by atoms with Crippen LogP contribution in [0.25, 0.3) is 0 Å². The Morgan fingerprint density at radius 2 is 2.41 bits per heavy atom. The van der Waals surface area contributed by atoms with Crippen LogP contribution in [0, 0.1) is 5.41 Å². The van der Waals surface area contributed by atoms with Crippen molar-refractivity contribution >= 4 is 11.7 Å². The molecule has 1 atom stereocenters. The van der Waals surface area contributed by atoms with Crippen molar-refractivity contribution < 1.29 is 4.79 Å². The minimum absolute atomic E-state index is 0.241. The first-order valence-corrected chi connectivity index (χ1v) is 5.75. The molecule has 92 valence electrons. The molecule has 2 heterocycles. The molecule has 5 nitrogen and oxygen atoms in total. The van der Waals surface area contributed by atoms with Gasteiger partial charge in [-0.1, -0.05) is 0 Å². The summed E-state index contributed by atoms with van der Waals surface area (Å²) in [6, 6.07) is 3.86. The summed E-state index contributed by atoms with van der Waals surface area (Å²) in [5.74, 6) is 0.632. The minimum Gasteiger partial charge on any atom is -0.369 e. The molecule has 0 radical (unpaired) electrons. The molecular formula is C12H18N4O. The highest BCUT2D eigenvalue weighted by Crippen LogP contribution is 2.32. The third-order valence-corrected chi connectivity index (χ3v) is 3.44. The van der Waals surface area contributed by atoms with Crippen LogP contribution in [-0.2, 0) is 11.3 Å². The van der Waals surface area contributed by atoms with Crippen LogP contribution in [0.4, 0.5) is 5.82 Å². The minimum atomic E-state index is -0.444. The number of carbonyl (C=O) groups excluding carboxylic acids is 1. The molecule has 1 saturated heterocycles. The van der Waals surface area contributed by atoms with Gasteiger partial charge in [-0.15, -0.1) is 0 Å². The number of nitrogens with two attached hydrogens (primary N) is 2. The lowest BCUT2D eigenvalue weighted by molar-refractivity contribution is -0.125. The van der Waals surface area contributed by atoms with Crippen LogP contribution < -0.4 is 16.4 Å². The van der Waals surface area contributed by atoms with Gasteiger partial charge in [0.15, 0.2) is 0 Å². The molecule has 2 rings (SSSR count). The van der Waals surface area contributed by atoms with E-state index in [-0.39, 0.29) is 5.91 Å². The first-order chi connectivity index (χ1) is 8.05. The summed E-state index contributed by atoms with van der Waals surface area (Å²) < 4.78 is 0. The van der Waals surface area contributed by atoms with Gasteiger partial charge >= 0.3 is 0 Å². The van der Waals surface area contributed by atoms with E-state index in [0.29, 0.717) is 13.1 Å². The molecular weight excluding hydrogens is 216 g/mol. The average molecular weight is 234 g/mol. The Morgan fingerprint density at radius 3 is 3.00 bits per heavy atom. The van der Waals surface area contributed by atoms with E-state index < -0.39 is 5.41 Å². The maximum Gasteiger partial charge on any atom is 0.225 e. The number of anilines is 1. The van der Waals surface area contributed by atoms with Gasteiger partial charge in [-0.25, -0.2) is 4.98 Å². The van der Waals surface area contributed by atoms with Gasteiger partial charge in [0.1, 0.15) is 5.82 Å². The van der Waals surface area contributed by atoms with Gasteiger partial charge in [-0.3, -0.25) is 4.79 Å². The molecule has 1 amide bonds. The van der Waals surface area contributed by atoms with E-state index in [1.807, 2.05) is 19.1 Å². The number of primary amides is 1. The lowest BCUT2D eigenvalue weighted by Crippen LogP contribution is -2.37. The molecule has 1 aliphatic rings. The molecule has 4 N–H and O–H groups in total. The number of hydrogen-bond donors (Lipinski definition) is 2. The normalized spacial score (nSPS) is 24.0. The molecule has 1 aromatic heterocycles. The zero-order valence-corrected chi connectivity index (χ0v) is 10.0. The van der Waals surface area contributed by atoms with Crippen molar-refractivity contribution in [3.63, 3.8) is 0 Å². The zero-order chi connectivity index (χ0) is 12.5. The van der Waals surface area contributed by atoms with E-state index in [2.05, 4.69) is 9.88 Å². The quantitative estimate of drug-likeness (QED) is 0.784. The molecule has 0 saturated carbocycles. The standard InChI is InChI=1S/C12H18N4O/c1-12(11(14)17)3-5-16(8-12)10-6-9(7-13)2-4-15-10/h2,4,6H,3,5,7-8,13H2,1H3,(H2,14,17). The fourth-order valence-corrected chi connectivity index (χ4v) is 2.12. The van der Waals surface area contributed by atoms with E-state index in [4.69, 9.17) is 11.5 Å². The Kier molecular flexibility index (Phi) is 3.02. The molecule has 5 heteroatoms. The van der Waals surface area contributed by atoms with E-state index in [1.54, 1.807) is 6.20 Å². The predicted octanol–water partition coefficient (Wildman–Crippen LogP) is 0.242. The van der Waals surface area contributed by atoms with E-state index in [1.165, 1.54) is 0 Å². The van der Waals surface area contributed by atoms with Gasteiger partial charge in [-0.2, -0.15) is 0 Å². The van der Waals surface area contributed by atoms with E-state index >= 15 is 0 Å². The van der Waals surface area contributed by atoms with Crippen LogP contribution in [0.1, 0.15) is 18.9 Å². The SMILES string of the molecule is CC1(C(N)=O)CCN(c2cc(CN)ccn2)C1. The molecule has 0 bridgehead atoms. The summed E-state index contributed by atoms with van der Waals surface area (Å²) in [5.41, 5.74) is 11.6. The maximum atomic E-state index is 11.4. The van der Waals surface area contributed by atoms with Crippen molar-refractivity contribution in [3.8, 4) is 0 Å². The second-order valence-electron chi connectivity index (χ2n) is 4.82. The number of aromatic nitrogens is 1. The Balaban J connectivity index is 2.17. The highest BCUT2D eigenvalue weighted by atomic mass is 16.1. The molecule has 0 spiro atoms. The van der Waals surface area contributed by atoms with Crippen molar-refractivity contribution in [1.29, 1.82) is 0 Å². The van der Waals surface area contributed by atoms with Crippen LogP contribution in [-0.4, -0.2) is 24.0 Å². The third-order valence-electron chi connectivity index (χ3n) is 3.44. The average Bonchev–Trinajstić information content (AvgIpc) is 2.74. The molecule has 1 fully saturated rings. The second kappa shape index (κ2) is 4.33. The summed E-state index contributed by atoms with van der Waals surface area (Å²) in [5, 5.41) is 0. The maximum absolute atomic E-state index is 11.4. The summed E-state index contributed by atoms with van der Waals surface area (Å²) in [6.07, 6.45) is 2.52. The van der Waals surface area contributed by atoms with Crippen molar-refractivity contribution in [2.75, 3.05) is 18.0 Å². The number of hydrogen-bond acceptors (Lipinski definition) is 4. The number of nitrogens with zero attached hydrogens (tertiary/aromatic N) is 2. The van der Waals surface area contributed by atoms with E-state index in [9.17, 15) is 4.79 Å². The van der Waals surface area contributed by atoms with E-state index in [0.717, 1.165) is 24.3 Å². The number of rotatable bonds is 3. The summed E-state index contributed by atoms with van der Waals surface area (Å²) in [4.78, 5) is 17.8. The van der Waals surface area contributed by atoms with Gasteiger partial charge in [0.2, 0.25) is 5.91 Å². The lowest BCUT2D eigenvalue weighted by atomic mass is 9.89. The molecule has 0 aliphatic carbocycles. The highest BCUT2D eigenvalue weighted by molar-refractivity contribution is 5.82. The number of amides is 1. The smallest absolute Gasteiger partial charge is 0.225 e. The third kappa shape index (κ3) is 2.24. The largest absolute Gasteiger partial charge is 0.369 e. The summed E-state index contributed by atoms with van der Waals surface area (Å²) in [6.45, 7) is 3.84. The monoisotopic (exact) mass is 234 g/mol. The van der Waals surface area contributed by atoms with Crippen molar-refractivity contribution in [2.24, 2.45) is 16.9 Å². The van der Waals surface area contributed by atoms with Crippen molar-refractivity contribution in [2.45, 2.75) is 19.9 Å². The van der Waals surface area contributed by atoms with Gasteiger partial charge in [0, 0.05) is 25.8 Å². The number of carbonyl (C=O) groups is 1. The molecule has 17 heavy (non-hydrogen) atoms. The topological polar surface area (TPSA) is 85.2 Å². The molecule has 0 aromatic carbocycles. The van der Waals surface area contributed by atoms with Gasteiger partial charge in [-0.05, 0) is 31.0 Å². The van der Waals surface area contributed by atoms with Gasteiger partial charge in [0.25, 0.3) is 0 Å². The first-order valence-electron chi connectivity index (χ1n) is 5.75. The van der Waals surface area contributed by atoms with Crippen LogP contribution in [0.3, 0.4) is 0 Å². The van der Waals surface area contributed by atoms with Crippen LogP contribution in [0.2, 0.25) is 0 Å². The summed E-state index contributed by atoms with van der Waals surface area (Å²) in [7, 11) is 0. The molecule has 1 aromatic rings. The van der Waals surface area contributed by atoms with Crippen LogP contribution in [0.15, 0.2) is 18.3 Å². The Morgan fingerprint density at radius 1 is 1.65 bits per heavy atom. The molecule has 1 aliphatic heterocycles. The van der Waals surface area contributed by atoms with Crippen LogP contribution in [0.5, 0.6) is 0 Å². The zero-order valence-electron chi connectivity index (χ0n) is 10.0. The lowest BCUT2D eigenvalue weighted by Gasteiger charge is -2.21. The highest BCUT2D eigenvalue weighted by Gasteiger charge is 2.39. The Bertz CT molecular complexity index is 434. The van der Waals surface area contributed by atoms with Crippen molar-refractivity contribution in [3.05, 3.63) is 23.9 Å². The van der Waals surface area contributed by atoms with Gasteiger partial charge < -0.3 is 16.4 Å². The fourth-order valence-electron chi connectivity index (χ4n) is 2.12. The predicted molar refractivity (Wildman–Crippen MR) is 66.3 cm³/mol. The summed E-state index contributed by atoms with van der Waals surface area (Å²) >= 11 is 0. The first kappa shape index (κ1) is 11.9. The fraction of sp³-hybridized carbons (Fsp3) is 0.500. The van der Waals surface area contributed by atoms with Crippen LogP contribution >= 0.6 is 0 Å². The number of pyridine rings is 1.